The zero-order valence-electron chi connectivity index (χ0n) is 11.1. The third-order valence-corrected chi connectivity index (χ3v) is 2.50. The lowest BCUT2D eigenvalue weighted by atomic mass is 10.2. The van der Waals surface area contributed by atoms with E-state index in [-0.39, 0.29) is 0 Å². The van der Waals surface area contributed by atoms with Crippen LogP contribution in [-0.4, -0.2) is 49.2 Å². The number of hydrogen-bond acceptors (Lipinski definition) is 5. The highest BCUT2D eigenvalue weighted by molar-refractivity contribution is 6.06. The summed E-state index contributed by atoms with van der Waals surface area (Å²) in [4.78, 5) is 11.7. The first-order chi connectivity index (χ1) is 8.02. The SMILES string of the molecule is C=C(C)COCCC(OC)(OCC)C(=O)O[SiH3]. The Balaban J connectivity index is 4.36. The van der Waals surface area contributed by atoms with Gasteiger partial charge in [0.15, 0.2) is 0 Å². The third kappa shape index (κ3) is 5.45. The van der Waals surface area contributed by atoms with E-state index in [0.717, 1.165) is 5.57 Å². The molecule has 0 bridgehead atoms. The maximum Gasteiger partial charge on any atom is 0.353 e. The highest BCUT2D eigenvalue weighted by atomic mass is 28.2. The van der Waals surface area contributed by atoms with Gasteiger partial charge in [0.2, 0.25) is 10.5 Å². The molecule has 0 heterocycles. The first-order valence-corrected chi connectivity index (χ1v) is 6.33. The number of methoxy groups -OCH3 is 1. The second-order valence-corrected chi connectivity index (χ2v) is 4.05. The van der Waals surface area contributed by atoms with Gasteiger partial charge in [-0.05, 0) is 13.8 Å². The van der Waals surface area contributed by atoms with Gasteiger partial charge in [-0.1, -0.05) is 12.2 Å². The Labute approximate surface area is 106 Å². The largest absolute Gasteiger partial charge is 0.525 e. The van der Waals surface area contributed by atoms with Gasteiger partial charge in [-0.3, -0.25) is 0 Å². The van der Waals surface area contributed by atoms with Gasteiger partial charge in [0.05, 0.1) is 13.2 Å². The summed E-state index contributed by atoms with van der Waals surface area (Å²) < 4.78 is 20.7. The molecule has 1 atom stereocenters. The molecule has 0 spiro atoms. The lowest BCUT2D eigenvalue weighted by Gasteiger charge is -2.29. The number of hydrogen-bond donors (Lipinski definition) is 0. The Morgan fingerprint density at radius 1 is 1.47 bits per heavy atom. The van der Waals surface area contributed by atoms with Crippen molar-refractivity contribution in [2.75, 3.05) is 26.9 Å². The van der Waals surface area contributed by atoms with Crippen LogP contribution in [0.5, 0.6) is 0 Å². The summed E-state index contributed by atoms with van der Waals surface area (Å²) in [7, 11) is 1.73. The minimum atomic E-state index is -1.34. The van der Waals surface area contributed by atoms with Crippen molar-refractivity contribution >= 4 is 16.5 Å². The van der Waals surface area contributed by atoms with Crippen LogP contribution >= 0.6 is 0 Å². The standard InChI is InChI=1S/C11H22O5Si/c1-5-15-11(13-4,10(12)16-17)6-7-14-8-9(2)3/h2,5-8H2,1,3-4,17H3. The van der Waals surface area contributed by atoms with Crippen LogP contribution in [0.2, 0.25) is 0 Å². The van der Waals surface area contributed by atoms with Crippen molar-refractivity contribution in [1.29, 1.82) is 0 Å². The van der Waals surface area contributed by atoms with Gasteiger partial charge in [-0.25, -0.2) is 4.79 Å². The fraction of sp³-hybridized carbons (Fsp3) is 0.727. The predicted molar refractivity (Wildman–Crippen MR) is 67.6 cm³/mol. The first kappa shape index (κ1) is 16.3. The summed E-state index contributed by atoms with van der Waals surface area (Å²) in [5.41, 5.74) is 0.926. The van der Waals surface area contributed by atoms with Crippen LogP contribution in [0.1, 0.15) is 20.3 Å². The Morgan fingerprint density at radius 3 is 2.53 bits per heavy atom. The molecule has 0 radical (unpaired) electrons. The maximum atomic E-state index is 11.7. The highest BCUT2D eigenvalue weighted by Crippen LogP contribution is 2.19. The van der Waals surface area contributed by atoms with Gasteiger partial charge in [0.25, 0.3) is 5.79 Å². The maximum absolute atomic E-state index is 11.7. The molecule has 0 aromatic rings. The molecule has 6 heteroatoms. The van der Waals surface area contributed by atoms with E-state index in [1.165, 1.54) is 7.11 Å². The molecule has 0 fully saturated rings. The lowest BCUT2D eigenvalue weighted by Crippen LogP contribution is -2.45. The van der Waals surface area contributed by atoms with Crippen LogP contribution in [-0.2, 0) is 23.4 Å². The van der Waals surface area contributed by atoms with Crippen molar-refractivity contribution in [1.82, 2.24) is 0 Å². The molecule has 0 saturated carbocycles. The molecule has 0 rings (SSSR count). The summed E-state index contributed by atoms with van der Waals surface area (Å²) in [6, 6.07) is 0. The van der Waals surface area contributed by atoms with Gasteiger partial charge in [0.1, 0.15) is 0 Å². The van der Waals surface area contributed by atoms with Crippen LogP contribution < -0.4 is 0 Å². The quantitative estimate of drug-likeness (QED) is 0.257. The summed E-state index contributed by atoms with van der Waals surface area (Å²) >= 11 is 0. The van der Waals surface area contributed by atoms with Crippen LogP contribution in [0.3, 0.4) is 0 Å². The summed E-state index contributed by atoms with van der Waals surface area (Å²) in [5.74, 6) is -1.83. The number of ether oxygens (including phenoxy) is 3. The molecule has 0 aromatic heterocycles. The van der Waals surface area contributed by atoms with Gasteiger partial charge in [-0.15, -0.1) is 0 Å². The average molecular weight is 262 g/mol. The Kier molecular flexibility index (Phi) is 8.06. The zero-order chi connectivity index (χ0) is 13.3. The van der Waals surface area contributed by atoms with E-state index in [0.29, 0.717) is 36.7 Å². The predicted octanol–water partition coefficient (Wildman–Crippen LogP) is 0.172. The Bertz CT molecular complexity index is 256. The molecule has 0 aliphatic heterocycles. The summed E-state index contributed by atoms with van der Waals surface area (Å²) in [6.07, 6.45) is 0.297. The van der Waals surface area contributed by atoms with E-state index >= 15 is 0 Å². The molecule has 0 N–H and O–H groups in total. The molecule has 1 unspecified atom stereocenters. The van der Waals surface area contributed by atoms with E-state index in [4.69, 9.17) is 18.6 Å². The van der Waals surface area contributed by atoms with Crippen molar-refractivity contribution in [2.24, 2.45) is 0 Å². The topological polar surface area (TPSA) is 54.0 Å². The Morgan fingerprint density at radius 2 is 2.12 bits per heavy atom. The van der Waals surface area contributed by atoms with Crippen LogP contribution in [0.25, 0.3) is 0 Å². The van der Waals surface area contributed by atoms with Crippen LogP contribution in [0, 0.1) is 0 Å². The number of carbonyl (C=O) groups is 1. The van der Waals surface area contributed by atoms with E-state index in [9.17, 15) is 4.79 Å². The molecule has 17 heavy (non-hydrogen) atoms. The van der Waals surface area contributed by atoms with Crippen molar-refractivity contribution in [2.45, 2.75) is 26.1 Å². The third-order valence-electron chi connectivity index (χ3n) is 2.13. The minimum Gasteiger partial charge on any atom is -0.525 e. The smallest absolute Gasteiger partial charge is 0.353 e. The van der Waals surface area contributed by atoms with Crippen molar-refractivity contribution < 1.29 is 23.4 Å². The normalized spacial score (nSPS) is 14.3. The minimum absolute atomic E-state index is 0.297. The molecule has 0 aromatic carbocycles. The van der Waals surface area contributed by atoms with Gasteiger partial charge in [0, 0.05) is 20.1 Å². The molecular weight excluding hydrogens is 240 g/mol. The second-order valence-electron chi connectivity index (χ2n) is 3.64. The summed E-state index contributed by atoms with van der Waals surface area (Å²) in [6.45, 7) is 8.56. The van der Waals surface area contributed by atoms with E-state index in [2.05, 4.69) is 6.58 Å². The van der Waals surface area contributed by atoms with E-state index < -0.39 is 11.8 Å². The first-order valence-electron chi connectivity index (χ1n) is 5.52. The molecule has 100 valence electrons. The molecule has 0 amide bonds. The Hall–Kier alpha value is -0.693. The van der Waals surface area contributed by atoms with E-state index in [1.54, 1.807) is 6.92 Å². The van der Waals surface area contributed by atoms with Crippen molar-refractivity contribution in [3.63, 3.8) is 0 Å². The van der Waals surface area contributed by atoms with Gasteiger partial charge < -0.3 is 18.6 Å². The van der Waals surface area contributed by atoms with Crippen molar-refractivity contribution in [3.05, 3.63) is 12.2 Å². The monoisotopic (exact) mass is 262 g/mol. The fourth-order valence-electron chi connectivity index (χ4n) is 1.32. The molecule has 0 saturated heterocycles. The van der Waals surface area contributed by atoms with Gasteiger partial charge in [-0.2, -0.15) is 0 Å². The van der Waals surface area contributed by atoms with Crippen LogP contribution in [0.15, 0.2) is 12.2 Å². The van der Waals surface area contributed by atoms with Gasteiger partial charge >= 0.3 is 5.97 Å². The molecule has 5 nitrogen and oxygen atoms in total. The second kappa shape index (κ2) is 8.41. The van der Waals surface area contributed by atoms with E-state index in [1.807, 2.05) is 6.92 Å². The van der Waals surface area contributed by atoms with Crippen LogP contribution in [0.4, 0.5) is 0 Å². The summed E-state index contributed by atoms with van der Waals surface area (Å²) in [5, 5.41) is 0. The number of rotatable bonds is 9. The fourth-order valence-corrected chi connectivity index (χ4v) is 1.63. The zero-order valence-corrected chi connectivity index (χ0v) is 13.1. The van der Waals surface area contributed by atoms with Crippen molar-refractivity contribution in [3.8, 4) is 0 Å². The lowest BCUT2D eigenvalue weighted by molar-refractivity contribution is -0.236. The molecular formula is C11H22O5Si. The number of carbonyl (C=O) groups excluding carboxylic acids is 1. The average Bonchev–Trinajstić information content (AvgIpc) is 2.32. The molecule has 0 aliphatic rings. The highest BCUT2D eigenvalue weighted by Gasteiger charge is 2.40. The molecule has 0 aliphatic carbocycles.